The number of amides is 2. The summed E-state index contributed by atoms with van der Waals surface area (Å²) in [6.45, 7) is 3.86. The van der Waals surface area contributed by atoms with Gasteiger partial charge in [0.15, 0.2) is 17.0 Å². The number of methoxy groups -OCH3 is 2. The van der Waals surface area contributed by atoms with E-state index in [1.54, 1.807) is 48.4 Å². The van der Waals surface area contributed by atoms with Crippen LogP contribution in [-0.4, -0.2) is 31.1 Å². The van der Waals surface area contributed by atoms with Crippen LogP contribution in [0, 0.1) is 19.8 Å². The van der Waals surface area contributed by atoms with Gasteiger partial charge in [-0.15, -0.1) is 0 Å². The van der Waals surface area contributed by atoms with Crippen LogP contribution in [-0.2, 0) is 10.3 Å². The van der Waals surface area contributed by atoms with Crippen molar-refractivity contribution in [2.24, 2.45) is 11.7 Å². The lowest BCUT2D eigenvalue weighted by Gasteiger charge is -2.48. The van der Waals surface area contributed by atoms with Gasteiger partial charge < -0.3 is 20.3 Å². The Morgan fingerprint density at radius 1 is 0.921 bits per heavy atom. The molecule has 0 aliphatic heterocycles. The van der Waals surface area contributed by atoms with Crippen molar-refractivity contribution in [1.29, 1.82) is 0 Å². The van der Waals surface area contributed by atoms with E-state index in [1.807, 2.05) is 26.0 Å². The molecule has 7 heteroatoms. The lowest BCUT2D eigenvalue weighted by atomic mass is 9.68. The molecule has 1 aliphatic carbocycles. The predicted octanol–water partition coefficient (Wildman–Crippen LogP) is 5.63. The van der Waals surface area contributed by atoms with E-state index in [0.29, 0.717) is 28.3 Å². The molecular weight excluding hydrogens is 480 g/mol. The average Bonchev–Trinajstić information content (AvgIpc) is 2.93. The number of hydrogen-bond acceptors (Lipinski definition) is 5. The molecule has 200 valence electrons. The largest absolute Gasteiger partial charge is 0.508 e. The van der Waals surface area contributed by atoms with E-state index in [4.69, 9.17) is 15.2 Å². The van der Waals surface area contributed by atoms with Crippen molar-refractivity contribution in [3.8, 4) is 17.2 Å². The van der Waals surface area contributed by atoms with E-state index in [0.717, 1.165) is 43.2 Å². The van der Waals surface area contributed by atoms with Crippen LogP contribution in [0.25, 0.3) is 0 Å². The number of aryl methyl sites for hydroxylation is 1. The molecule has 1 atom stereocenters. The first-order valence-corrected chi connectivity index (χ1v) is 13.0. The SMILES string of the molecule is COc1ccc(N(C(=O)c2cccc(C)c2C)C(C(N)=O)(c2ccc(O)cc2)C2CCCCC2)cc1OC. The molecule has 3 aromatic carbocycles. The number of nitrogens with zero attached hydrogens (tertiary/aromatic N) is 1. The van der Waals surface area contributed by atoms with Crippen molar-refractivity contribution in [3.63, 3.8) is 0 Å². The lowest BCUT2D eigenvalue weighted by molar-refractivity contribution is -0.126. The maximum atomic E-state index is 14.7. The summed E-state index contributed by atoms with van der Waals surface area (Å²) in [5.41, 5.74) is 8.16. The fraction of sp³-hybridized carbons (Fsp3) is 0.355. The van der Waals surface area contributed by atoms with Crippen LogP contribution in [0.4, 0.5) is 5.69 Å². The number of anilines is 1. The molecule has 0 aromatic heterocycles. The zero-order chi connectivity index (χ0) is 27.4. The van der Waals surface area contributed by atoms with Crippen molar-refractivity contribution in [2.75, 3.05) is 19.1 Å². The Kier molecular flexibility index (Phi) is 7.95. The molecule has 0 saturated heterocycles. The highest BCUT2D eigenvalue weighted by Gasteiger charge is 2.53. The number of rotatable bonds is 8. The van der Waals surface area contributed by atoms with Gasteiger partial charge in [-0.05, 0) is 79.6 Å². The van der Waals surface area contributed by atoms with E-state index in [-0.39, 0.29) is 17.6 Å². The minimum absolute atomic E-state index is 0.0642. The summed E-state index contributed by atoms with van der Waals surface area (Å²) in [6.07, 6.45) is 4.37. The third kappa shape index (κ3) is 4.69. The molecule has 1 saturated carbocycles. The number of carbonyl (C=O) groups is 2. The number of hydrogen-bond donors (Lipinski definition) is 2. The second kappa shape index (κ2) is 11.2. The average molecular weight is 517 g/mol. The Bertz CT molecular complexity index is 1310. The Hall–Kier alpha value is -4.00. The van der Waals surface area contributed by atoms with Crippen LogP contribution in [0.15, 0.2) is 60.7 Å². The molecule has 3 aromatic rings. The molecule has 1 aliphatic rings. The monoisotopic (exact) mass is 516 g/mol. The molecule has 3 N–H and O–H groups in total. The smallest absolute Gasteiger partial charge is 0.259 e. The number of phenols is 1. The number of nitrogens with two attached hydrogens (primary N) is 1. The second-order valence-corrected chi connectivity index (χ2v) is 9.94. The highest BCUT2D eigenvalue weighted by molar-refractivity contribution is 6.12. The van der Waals surface area contributed by atoms with Crippen molar-refractivity contribution in [1.82, 2.24) is 0 Å². The molecule has 0 spiro atoms. The zero-order valence-corrected chi connectivity index (χ0v) is 22.5. The zero-order valence-electron chi connectivity index (χ0n) is 22.5. The molecule has 0 bridgehead atoms. The number of ether oxygens (including phenoxy) is 2. The number of primary amides is 1. The lowest BCUT2D eigenvalue weighted by Crippen LogP contribution is -2.62. The van der Waals surface area contributed by atoms with Gasteiger partial charge in [-0.3, -0.25) is 14.5 Å². The van der Waals surface area contributed by atoms with E-state index in [1.165, 1.54) is 19.2 Å². The summed E-state index contributed by atoms with van der Waals surface area (Å²) in [4.78, 5) is 30.2. The minimum Gasteiger partial charge on any atom is -0.508 e. The van der Waals surface area contributed by atoms with E-state index in [2.05, 4.69) is 0 Å². The molecule has 7 nitrogen and oxygen atoms in total. The van der Waals surface area contributed by atoms with Gasteiger partial charge in [0.1, 0.15) is 5.75 Å². The first-order chi connectivity index (χ1) is 18.2. The summed E-state index contributed by atoms with van der Waals surface area (Å²) in [6, 6.07) is 17.2. The number of carbonyl (C=O) groups excluding carboxylic acids is 2. The van der Waals surface area contributed by atoms with Gasteiger partial charge in [-0.25, -0.2) is 0 Å². The van der Waals surface area contributed by atoms with Gasteiger partial charge in [0, 0.05) is 17.3 Å². The van der Waals surface area contributed by atoms with Gasteiger partial charge in [0.05, 0.1) is 14.2 Å². The van der Waals surface area contributed by atoms with Crippen molar-refractivity contribution in [2.45, 2.75) is 51.5 Å². The third-order valence-electron chi connectivity index (χ3n) is 7.90. The highest BCUT2D eigenvalue weighted by atomic mass is 16.5. The molecule has 1 unspecified atom stereocenters. The van der Waals surface area contributed by atoms with Crippen LogP contribution in [0.1, 0.15) is 59.2 Å². The van der Waals surface area contributed by atoms with Crippen molar-refractivity contribution >= 4 is 17.5 Å². The van der Waals surface area contributed by atoms with Gasteiger partial charge in [0.25, 0.3) is 5.91 Å². The molecular formula is C31H36N2O5. The Morgan fingerprint density at radius 2 is 1.58 bits per heavy atom. The maximum Gasteiger partial charge on any atom is 0.259 e. The molecule has 0 heterocycles. The number of aromatic hydroxyl groups is 1. The second-order valence-electron chi connectivity index (χ2n) is 9.94. The Labute approximate surface area is 224 Å². The van der Waals surface area contributed by atoms with E-state index >= 15 is 0 Å². The quantitative estimate of drug-likeness (QED) is 0.404. The summed E-state index contributed by atoms with van der Waals surface area (Å²) in [7, 11) is 3.07. The van der Waals surface area contributed by atoms with Gasteiger partial charge >= 0.3 is 0 Å². The maximum absolute atomic E-state index is 14.7. The fourth-order valence-electron chi connectivity index (χ4n) is 5.79. The predicted molar refractivity (Wildman–Crippen MR) is 148 cm³/mol. The Morgan fingerprint density at radius 3 is 2.18 bits per heavy atom. The normalized spacial score (nSPS) is 15.4. The highest BCUT2D eigenvalue weighted by Crippen LogP contribution is 2.48. The van der Waals surface area contributed by atoms with Crippen LogP contribution in [0.3, 0.4) is 0 Å². The van der Waals surface area contributed by atoms with Crippen molar-refractivity contribution in [3.05, 3.63) is 82.9 Å². The summed E-state index contributed by atoms with van der Waals surface area (Å²) in [5.74, 6) is -0.201. The number of phenolic OH excluding ortho intramolecular Hbond substituents is 1. The standard InChI is InChI=1S/C31H36N2O5/c1-20-9-8-12-26(21(20)2)29(35)33(24-15-18-27(37-3)28(19-24)38-4)31(30(32)36,22-10-6-5-7-11-22)23-13-16-25(34)17-14-23/h8-9,12-19,22,34H,5-7,10-11H2,1-4H3,(H2,32,36). The molecule has 4 rings (SSSR count). The van der Waals surface area contributed by atoms with Crippen LogP contribution in [0.2, 0.25) is 0 Å². The Balaban J connectivity index is 2.08. The van der Waals surface area contributed by atoms with Gasteiger partial charge in [-0.1, -0.05) is 43.5 Å². The van der Waals surface area contributed by atoms with E-state index < -0.39 is 11.4 Å². The summed E-state index contributed by atoms with van der Waals surface area (Å²) < 4.78 is 11.0. The van der Waals surface area contributed by atoms with Crippen LogP contribution >= 0.6 is 0 Å². The topological polar surface area (TPSA) is 102 Å². The first-order valence-electron chi connectivity index (χ1n) is 13.0. The summed E-state index contributed by atoms with van der Waals surface area (Å²) >= 11 is 0. The molecule has 0 radical (unpaired) electrons. The third-order valence-corrected chi connectivity index (χ3v) is 7.90. The first kappa shape index (κ1) is 27.0. The molecule has 38 heavy (non-hydrogen) atoms. The summed E-state index contributed by atoms with van der Waals surface area (Å²) in [5, 5.41) is 10.1. The number of benzene rings is 3. The molecule has 2 amide bonds. The molecule has 1 fully saturated rings. The fourth-order valence-corrected chi connectivity index (χ4v) is 5.79. The minimum atomic E-state index is -1.51. The van der Waals surface area contributed by atoms with Gasteiger partial charge in [0.2, 0.25) is 5.91 Å². The van der Waals surface area contributed by atoms with Crippen molar-refractivity contribution < 1.29 is 24.2 Å². The van der Waals surface area contributed by atoms with Crippen LogP contribution < -0.4 is 20.1 Å². The van der Waals surface area contributed by atoms with E-state index in [9.17, 15) is 14.7 Å². The van der Waals surface area contributed by atoms with Gasteiger partial charge in [-0.2, -0.15) is 0 Å². The van der Waals surface area contributed by atoms with Crippen LogP contribution in [0.5, 0.6) is 17.2 Å².